The van der Waals surface area contributed by atoms with E-state index < -0.39 is 17.7 Å². The summed E-state index contributed by atoms with van der Waals surface area (Å²) in [5, 5.41) is 11.0. The summed E-state index contributed by atoms with van der Waals surface area (Å²) in [6.45, 7) is 6.05. The third kappa shape index (κ3) is 3.74. The quantitative estimate of drug-likeness (QED) is 0.640. The molecule has 1 saturated heterocycles. The first-order chi connectivity index (χ1) is 15.5. The highest BCUT2D eigenvalue weighted by Gasteiger charge is 2.38. The molecule has 5 rings (SSSR count). The number of nitrogens with one attached hydrogen (secondary N) is 2. The Balaban J connectivity index is 1.53. The van der Waals surface area contributed by atoms with E-state index in [2.05, 4.69) is 34.9 Å². The summed E-state index contributed by atoms with van der Waals surface area (Å²) in [5.74, 6) is -0.102. The molecule has 0 saturated carbocycles. The molecule has 1 unspecified atom stereocenters. The van der Waals surface area contributed by atoms with Crippen molar-refractivity contribution in [3.05, 3.63) is 83.2 Å². The van der Waals surface area contributed by atoms with E-state index in [0.717, 1.165) is 23.0 Å². The van der Waals surface area contributed by atoms with Gasteiger partial charge in [0.25, 0.3) is 0 Å². The minimum absolute atomic E-state index is 0.216. The van der Waals surface area contributed by atoms with Crippen LogP contribution in [0, 0.1) is 11.6 Å². The van der Waals surface area contributed by atoms with E-state index in [9.17, 15) is 8.78 Å². The van der Waals surface area contributed by atoms with Crippen molar-refractivity contribution in [3.63, 3.8) is 0 Å². The number of hydrazone groups is 1. The van der Waals surface area contributed by atoms with Crippen LogP contribution >= 0.6 is 0 Å². The average Bonchev–Trinajstić information content (AvgIpc) is 3.43. The lowest BCUT2D eigenvalue weighted by molar-refractivity contribution is 0.143. The molecule has 32 heavy (non-hydrogen) atoms. The van der Waals surface area contributed by atoms with Crippen molar-refractivity contribution in [1.82, 2.24) is 30.8 Å². The Bertz CT molecular complexity index is 1140. The lowest BCUT2D eigenvalue weighted by Crippen LogP contribution is -2.54. The lowest BCUT2D eigenvalue weighted by Gasteiger charge is -2.40. The Morgan fingerprint density at radius 2 is 1.91 bits per heavy atom. The van der Waals surface area contributed by atoms with Gasteiger partial charge in [0.1, 0.15) is 17.7 Å². The molecule has 2 aliphatic heterocycles. The Morgan fingerprint density at radius 1 is 1.09 bits per heavy atom. The molecular weight excluding hydrogens is 412 g/mol. The van der Waals surface area contributed by atoms with Crippen molar-refractivity contribution in [2.24, 2.45) is 5.10 Å². The van der Waals surface area contributed by atoms with Gasteiger partial charge in [0.05, 0.1) is 17.9 Å². The minimum atomic E-state index is -0.540. The summed E-state index contributed by atoms with van der Waals surface area (Å²) in [6, 6.07) is 13.0. The molecule has 2 aliphatic rings. The third-order valence-corrected chi connectivity index (χ3v) is 5.87. The van der Waals surface area contributed by atoms with E-state index >= 15 is 0 Å². The van der Waals surface area contributed by atoms with Gasteiger partial charge in [-0.25, -0.2) is 19.0 Å². The van der Waals surface area contributed by atoms with Crippen LogP contribution in [0.1, 0.15) is 42.6 Å². The summed E-state index contributed by atoms with van der Waals surface area (Å²) < 4.78 is 30.8. The number of fused-ring (bicyclic) bond motifs is 1. The summed E-state index contributed by atoms with van der Waals surface area (Å²) in [7, 11) is 0. The molecule has 3 heterocycles. The highest BCUT2D eigenvalue weighted by Crippen LogP contribution is 2.33. The van der Waals surface area contributed by atoms with Gasteiger partial charge in [-0.1, -0.05) is 32.0 Å². The summed E-state index contributed by atoms with van der Waals surface area (Å²) in [6.07, 6.45) is 2.03. The van der Waals surface area contributed by atoms with Crippen LogP contribution in [-0.4, -0.2) is 38.6 Å². The molecule has 0 radical (unpaired) electrons. The molecule has 1 aromatic heterocycles. The number of hydrazine groups is 2. The number of hydrogen-bond donors (Lipinski definition) is 2. The molecule has 2 N–H and O–H groups in total. The van der Waals surface area contributed by atoms with Crippen molar-refractivity contribution in [3.8, 4) is 5.69 Å². The Hall–Kier alpha value is -3.30. The number of nitrogens with zero attached hydrogens (tertiary/aromatic N) is 5. The smallest absolute Gasteiger partial charge is 0.164 e. The van der Waals surface area contributed by atoms with Crippen LogP contribution in [-0.2, 0) is 6.54 Å². The van der Waals surface area contributed by atoms with Crippen molar-refractivity contribution >= 4 is 5.84 Å². The van der Waals surface area contributed by atoms with Gasteiger partial charge in [0.2, 0.25) is 0 Å². The zero-order valence-electron chi connectivity index (χ0n) is 18.0. The van der Waals surface area contributed by atoms with Crippen LogP contribution < -0.4 is 11.1 Å². The average molecular weight is 437 g/mol. The monoisotopic (exact) mass is 437 g/mol. The van der Waals surface area contributed by atoms with E-state index in [1.54, 1.807) is 0 Å². The number of aromatic nitrogens is 2. The van der Waals surface area contributed by atoms with Crippen LogP contribution in [0.2, 0.25) is 0 Å². The molecule has 1 atom stereocenters. The van der Waals surface area contributed by atoms with Gasteiger partial charge in [-0.15, -0.1) is 10.6 Å². The van der Waals surface area contributed by atoms with Crippen molar-refractivity contribution in [2.75, 3.05) is 13.1 Å². The number of benzene rings is 2. The van der Waals surface area contributed by atoms with E-state index in [-0.39, 0.29) is 11.5 Å². The zero-order chi connectivity index (χ0) is 22.2. The van der Waals surface area contributed by atoms with Gasteiger partial charge >= 0.3 is 0 Å². The van der Waals surface area contributed by atoms with Gasteiger partial charge in [-0.3, -0.25) is 9.91 Å². The first-order valence-electron chi connectivity index (χ1n) is 10.7. The van der Waals surface area contributed by atoms with Gasteiger partial charge in [-0.05, 0) is 36.2 Å². The highest BCUT2D eigenvalue weighted by atomic mass is 19.1. The molecule has 7 nitrogen and oxygen atoms in total. The molecule has 0 bridgehead atoms. The predicted molar refractivity (Wildman–Crippen MR) is 118 cm³/mol. The maximum Gasteiger partial charge on any atom is 0.164 e. The van der Waals surface area contributed by atoms with Crippen LogP contribution in [0.25, 0.3) is 5.69 Å². The molecule has 0 aliphatic carbocycles. The predicted octanol–water partition coefficient (Wildman–Crippen LogP) is 3.47. The molecular formula is C23H25F2N7. The van der Waals surface area contributed by atoms with E-state index in [1.165, 1.54) is 12.1 Å². The Morgan fingerprint density at radius 3 is 2.69 bits per heavy atom. The molecule has 2 aromatic carbocycles. The van der Waals surface area contributed by atoms with Gasteiger partial charge in [0, 0.05) is 30.4 Å². The molecule has 3 aromatic rings. The second-order valence-corrected chi connectivity index (χ2v) is 8.36. The van der Waals surface area contributed by atoms with E-state index in [1.807, 2.05) is 46.2 Å². The summed E-state index contributed by atoms with van der Waals surface area (Å²) >= 11 is 0. The Labute approximate surface area is 185 Å². The first-order valence-corrected chi connectivity index (χ1v) is 10.7. The maximum absolute atomic E-state index is 14.8. The fourth-order valence-electron chi connectivity index (χ4n) is 4.35. The van der Waals surface area contributed by atoms with Gasteiger partial charge < -0.3 is 0 Å². The Kier molecular flexibility index (Phi) is 5.36. The molecule has 0 amide bonds. The number of hydrogen-bond acceptors (Lipinski definition) is 6. The van der Waals surface area contributed by atoms with Crippen molar-refractivity contribution in [2.45, 2.75) is 32.4 Å². The van der Waals surface area contributed by atoms with Crippen molar-refractivity contribution < 1.29 is 8.78 Å². The molecule has 0 spiro atoms. The molecule has 9 heteroatoms. The first kappa shape index (κ1) is 20.6. The number of para-hydroxylation sites is 1. The van der Waals surface area contributed by atoms with Crippen LogP contribution in [0.4, 0.5) is 8.78 Å². The fourth-order valence-corrected chi connectivity index (χ4v) is 4.35. The second kappa shape index (κ2) is 8.33. The second-order valence-electron chi connectivity index (χ2n) is 8.36. The number of rotatable bonds is 5. The highest BCUT2D eigenvalue weighted by molar-refractivity contribution is 5.89. The summed E-state index contributed by atoms with van der Waals surface area (Å²) in [4.78, 5) is 2.13. The zero-order valence-corrected chi connectivity index (χ0v) is 18.0. The van der Waals surface area contributed by atoms with Crippen molar-refractivity contribution in [1.29, 1.82) is 0 Å². The number of amidine groups is 1. The van der Waals surface area contributed by atoms with Crippen LogP contribution in [0.5, 0.6) is 0 Å². The molecule has 1 fully saturated rings. The topological polar surface area (TPSA) is 60.7 Å². The lowest BCUT2D eigenvalue weighted by atomic mass is 9.99. The fraction of sp³-hybridized carbons (Fsp3) is 0.304. The maximum atomic E-state index is 14.8. The van der Waals surface area contributed by atoms with Gasteiger partial charge in [-0.2, -0.15) is 5.10 Å². The third-order valence-electron chi connectivity index (χ3n) is 5.87. The number of halogens is 2. The standard InChI is InChI=1S/C23H25F2N7/c1-15(2)21-16(14-32(27-21)18-6-4-3-5-7-18)13-30-10-11-31-23(26-28-29-31)22(30)19-12-17(24)8-9-20(19)25/h3-9,12,14-15,22,28-29H,10-11,13H2,1-2H3. The van der Waals surface area contributed by atoms with Crippen LogP contribution in [0.3, 0.4) is 0 Å². The SMILES string of the molecule is CC(C)c1nn(-c2ccccc2)cc1CN1CCN2NNN=C2C1c1cc(F)ccc1F. The van der Waals surface area contributed by atoms with E-state index in [0.29, 0.717) is 25.5 Å². The minimum Gasteiger partial charge on any atom is -0.283 e. The van der Waals surface area contributed by atoms with Crippen LogP contribution in [0.15, 0.2) is 59.8 Å². The normalized spacial score (nSPS) is 18.6. The van der Waals surface area contributed by atoms with Gasteiger partial charge in [0.15, 0.2) is 5.84 Å². The number of piperazine rings is 1. The summed E-state index contributed by atoms with van der Waals surface area (Å²) in [5.41, 5.74) is 8.98. The molecule has 166 valence electrons. The largest absolute Gasteiger partial charge is 0.283 e. The van der Waals surface area contributed by atoms with E-state index in [4.69, 9.17) is 5.10 Å².